The van der Waals surface area contributed by atoms with Gasteiger partial charge in [0.1, 0.15) is 0 Å². The van der Waals surface area contributed by atoms with Crippen LogP contribution in [0.2, 0.25) is 5.02 Å². The zero-order valence-electron chi connectivity index (χ0n) is 12.0. The van der Waals surface area contributed by atoms with Gasteiger partial charge in [0.2, 0.25) is 5.91 Å². The number of nitrogens with one attached hydrogen (secondary N) is 1. The summed E-state index contributed by atoms with van der Waals surface area (Å²) in [5.41, 5.74) is 0.631. The minimum absolute atomic E-state index is 0.0563. The molecule has 112 valence electrons. The van der Waals surface area contributed by atoms with Gasteiger partial charge in [0.05, 0.1) is 25.2 Å². The van der Waals surface area contributed by atoms with Gasteiger partial charge in [0.25, 0.3) is 5.91 Å². The van der Waals surface area contributed by atoms with E-state index in [1.807, 2.05) is 0 Å². The maximum atomic E-state index is 12.7. The van der Waals surface area contributed by atoms with E-state index >= 15 is 0 Å². The van der Waals surface area contributed by atoms with Crippen LogP contribution < -0.4 is 9.80 Å². The Morgan fingerprint density at radius 3 is 2.24 bits per heavy atom. The lowest BCUT2D eigenvalue weighted by Crippen LogP contribution is -3.16. The summed E-state index contributed by atoms with van der Waals surface area (Å²) in [5.74, 6) is -0.150. The molecule has 1 aromatic rings. The monoisotopic (exact) mass is 307 g/mol. The second-order valence-electron chi connectivity index (χ2n) is 5.87. The quantitative estimate of drug-likeness (QED) is 0.840. The van der Waals surface area contributed by atoms with E-state index in [0.29, 0.717) is 17.1 Å². The van der Waals surface area contributed by atoms with Crippen LogP contribution in [-0.4, -0.2) is 30.9 Å². The fourth-order valence-electron chi connectivity index (χ4n) is 3.34. The summed E-state index contributed by atoms with van der Waals surface area (Å²) < 4.78 is 0. The zero-order valence-corrected chi connectivity index (χ0v) is 12.7. The molecule has 2 fully saturated rings. The lowest BCUT2D eigenvalue weighted by molar-refractivity contribution is -0.914. The number of hydrogen-bond donors (Lipinski definition) is 1. The number of quaternary nitrogens is 1. The minimum Gasteiger partial charge on any atom is -0.324 e. The van der Waals surface area contributed by atoms with E-state index in [4.69, 9.17) is 11.6 Å². The smallest absolute Gasteiger partial charge is 0.292 e. The molecule has 0 spiro atoms. The Morgan fingerprint density at radius 1 is 1.00 bits per heavy atom. The van der Waals surface area contributed by atoms with Gasteiger partial charge >= 0.3 is 0 Å². The molecule has 5 heteroatoms. The van der Waals surface area contributed by atoms with Crippen molar-refractivity contribution in [1.82, 2.24) is 0 Å². The molecule has 0 aromatic heterocycles. The summed E-state index contributed by atoms with van der Waals surface area (Å²) >= 11 is 5.87. The summed E-state index contributed by atoms with van der Waals surface area (Å²) in [6.45, 7) is 2.00. The van der Waals surface area contributed by atoms with Crippen molar-refractivity contribution in [1.29, 1.82) is 0 Å². The molecular formula is C16H20ClN2O2+. The molecule has 2 heterocycles. The van der Waals surface area contributed by atoms with E-state index in [1.54, 1.807) is 24.3 Å². The van der Waals surface area contributed by atoms with Crippen LogP contribution in [-0.2, 0) is 9.59 Å². The summed E-state index contributed by atoms with van der Waals surface area (Å²) in [4.78, 5) is 27.5. The van der Waals surface area contributed by atoms with Crippen LogP contribution in [0.15, 0.2) is 24.3 Å². The Balaban J connectivity index is 1.79. The first-order chi connectivity index (χ1) is 10.2. The van der Waals surface area contributed by atoms with Crippen LogP contribution in [0.25, 0.3) is 0 Å². The van der Waals surface area contributed by atoms with Crippen molar-refractivity contribution in [2.75, 3.05) is 18.0 Å². The first-order valence-electron chi connectivity index (χ1n) is 7.64. The second kappa shape index (κ2) is 6.16. The number of halogens is 1. The maximum Gasteiger partial charge on any atom is 0.292 e. The van der Waals surface area contributed by atoms with Crippen LogP contribution in [0, 0.1) is 0 Å². The molecule has 4 nitrogen and oxygen atoms in total. The Hall–Kier alpha value is -1.39. The van der Waals surface area contributed by atoms with Crippen LogP contribution in [0.3, 0.4) is 0 Å². The SMILES string of the molecule is O=C1C[C@H]([NH+]2CCCCCC2)C(=O)N1c1ccc(Cl)cc1. The van der Waals surface area contributed by atoms with Crippen molar-refractivity contribution in [3.63, 3.8) is 0 Å². The van der Waals surface area contributed by atoms with Crippen molar-refractivity contribution >= 4 is 29.1 Å². The number of carbonyl (C=O) groups is 2. The van der Waals surface area contributed by atoms with Gasteiger partial charge in [-0.15, -0.1) is 0 Å². The number of rotatable bonds is 2. The summed E-state index contributed by atoms with van der Waals surface area (Å²) in [6, 6.07) is 6.69. The second-order valence-corrected chi connectivity index (χ2v) is 6.31. The highest BCUT2D eigenvalue weighted by Crippen LogP contribution is 2.23. The van der Waals surface area contributed by atoms with E-state index in [9.17, 15) is 9.59 Å². The topological polar surface area (TPSA) is 41.8 Å². The Labute approximate surface area is 129 Å². The average Bonchev–Trinajstić information content (AvgIpc) is 2.69. The molecule has 0 radical (unpaired) electrons. The molecule has 1 atom stereocenters. The van der Waals surface area contributed by atoms with Crippen molar-refractivity contribution in [3.05, 3.63) is 29.3 Å². The van der Waals surface area contributed by atoms with E-state index in [1.165, 1.54) is 22.6 Å². The first-order valence-corrected chi connectivity index (χ1v) is 8.01. The number of carbonyl (C=O) groups excluding carboxylic acids is 2. The molecule has 1 N–H and O–H groups in total. The van der Waals surface area contributed by atoms with Gasteiger partial charge in [0.15, 0.2) is 6.04 Å². The number of benzene rings is 1. The molecule has 0 unspecified atom stereocenters. The van der Waals surface area contributed by atoms with E-state index in [0.717, 1.165) is 25.9 Å². The standard InChI is InChI=1S/C16H19ClN2O2/c17-12-5-7-13(8-6-12)19-15(20)11-14(16(19)21)18-9-3-1-2-4-10-18/h5-8,14H,1-4,9-11H2/p+1/t14-/m0/s1. The third kappa shape index (κ3) is 2.97. The summed E-state index contributed by atoms with van der Waals surface area (Å²) in [6.07, 6.45) is 5.10. The molecule has 2 amide bonds. The van der Waals surface area contributed by atoms with E-state index < -0.39 is 0 Å². The van der Waals surface area contributed by atoms with Crippen molar-refractivity contribution < 1.29 is 14.5 Å². The molecule has 0 bridgehead atoms. The third-order valence-electron chi connectivity index (χ3n) is 4.47. The fourth-order valence-corrected chi connectivity index (χ4v) is 3.47. The van der Waals surface area contributed by atoms with Gasteiger partial charge in [-0.05, 0) is 49.9 Å². The van der Waals surface area contributed by atoms with Crippen LogP contribution >= 0.6 is 11.6 Å². The maximum absolute atomic E-state index is 12.7. The van der Waals surface area contributed by atoms with Crippen molar-refractivity contribution in [2.24, 2.45) is 0 Å². The normalized spacial score (nSPS) is 24.4. The molecule has 0 aliphatic carbocycles. The molecule has 2 aliphatic rings. The molecule has 1 aromatic carbocycles. The Kier molecular flexibility index (Phi) is 4.27. The highest BCUT2D eigenvalue weighted by atomic mass is 35.5. The number of likely N-dealkylation sites (tertiary alicyclic amines) is 1. The summed E-state index contributed by atoms with van der Waals surface area (Å²) in [7, 11) is 0. The van der Waals surface area contributed by atoms with E-state index in [-0.39, 0.29) is 17.9 Å². The Bertz CT molecular complexity index is 536. The third-order valence-corrected chi connectivity index (χ3v) is 4.72. The van der Waals surface area contributed by atoms with E-state index in [2.05, 4.69) is 0 Å². The number of anilines is 1. The number of nitrogens with zero attached hydrogens (tertiary/aromatic N) is 1. The van der Waals surface area contributed by atoms with Crippen molar-refractivity contribution in [3.8, 4) is 0 Å². The molecule has 0 saturated carbocycles. The number of imide groups is 1. The van der Waals surface area contributed by atoms with Gasteiger partial charge < -0.3 is 4.90 Å². The molecular weight excluding hydrogens is 288 g/mol. The summed E-state index contributed by atoms with van der Waals surface area (Å²) in [5, 5.41) is 0.604. The van der Waals surface area contributed by atoms with Gasteiger partial charge in [-0.2, -0.15) is 0 Å². The fraction of sp³-hybridized carbons (Fsp3) is 0.500. The largest absolute Gasteiger partial charge is 0.324 e. The number of amides is 2. The lowest BCUT2D eigenvalue weighted by Gasteiger charge is -2.22. The van der Waals surface area contributed by atoms with Crippen molar-refractivity contribution in [2.45, 2.75) is 38.1 Å². The van der Waals surface area contributed by atoms with Crippen LogP contribution in [0.4, 0.5) is 5.69 Å². The zero-order chi connectivity index (χ0) is 14.8. The van der Waals surface area contributed by atoms with Crippen LogP contribution in [0.1, 0.15) is 32.1 Å². The molecule has 21 heavy (non-hydrogen) atoms. The molecule has 3 rings (SSSR count). The number of hydrogen-bond acceptors (Lipinski definition) is 2. The highest BCUT2D eigenvalue weighted by Gasteiger charge is 2.45. The van der Waals surface area contributed by atoms with Gasteiger partial charge in [-0.25, -0.2) is 4.90 Å². The lowest BCUT2D eigenvalue weighted by atomic mass is 10.2. The predicted molar refractivity (Wildman–Crippen MR) is 81.5 cm³/mol. The van der Waals surface area contributed by atoms with Gasteiger partial charge in [-0.1, -0.05) is 11.6 Å². The predicted octanol–water partition coefficient (Wildman–Crippen LogP) is 1.43. The van der Waals surface area contributed by atoms with Gasteiger partial charge in [0, 0.05) is 5.02 Å². The minimum atomic E-state index is -0.203. The Morgan fingerprint density at radius 2 is 1.62 bits per heavy atom. The molecule has 2 saturated heterocycles. The highest BCUT2D eigenvalue weighted by molar-refractivity contribution is 6.30. The van der Waals surface area contributed by atoms with Crippen LogP contribution in [0.5, 0.6) is 0 Å². The first kappa shape index (κ1) is 14.5. The van der Waals surface area contributed by atoms with Gasteiger partial charge in [-0.3, -0.25) is 9.59 Å². The molecule has 2 aliphatic heterocycles. The average molecular weight is 308 g/mol.